The van der Waals surface area contributed by atoms with Gasteiger partial charge in [0.05, 0.1) is 29.5 Å². The number of methoxy groups -OCH3 is 1. The molecule has 2 aromatic rings. The van der Waals surface area contributed by atoms with Gasteiger partial charge in [-0.15, -0.1) is 11.8 Å². The van der Waals surface area contributed by atoms with E-state index < -0.39 is 0 Å². The number of hydrogen-bond acceptors (Lipinski definition) is 6. The lowest BCUT2D eigenvalue weighted by atomic mass is 9.87. The van der Waals surface area contributed by atoms with Gasteiger partial charge in [-0.3, -0.25) is 9.59 Å². The summed E-state index contributed by atoms with van der Waals surface area (Å²) in [6.07, 6.45) is 2.22. The van der Waals surface area contributed by atoms with E-state index in [1.165, 1.54) is 11.8 Å². The zero-order chi connectivity index (χ0) is 22.2. The molecule has 6 nitrogen and oxygen atoms in total. The largest absolute Gasteiger partial charge is 0.497 e. The number of ether oxygens (including phenoxy) is 1. The molecule has 1 aliphatic rings. The number of carbonyl (C=O) groups excluding carboxylic acids is 2. The summed E-state index contributed by atoms with van der Waals surface area (Å²) in [5, 5.41) is 15.8. The van der Waals surface area contributed by atoms with Gasteiger partial charge in [-0.1, -0.05) is 36.0 Å². The van der Waals surface area contributed by atoms with E-state index >= 15 is 0 Å². The van der Waals surface area contributed by atoms with Crippen LogP contribution in [0.3, 0.4) is 0 Å². The molecule has 0 fully saturated rings. The molecule has 2 N–H and O–H groups in total. The number of carbonyl (C=O) groups is 2. The molecule has 1 heterocycles. The number of benzene rings is 2. The van der Waals surface area contributed by atoms with E-state index in [-0.39, 0.29) is 29.9 Å². The van der Waals surface area contributed by atoms with Crippen LogP contribution in [-0.4, -0.2) is 30.9 Å². The fourth-order valence-electron chi connectivity index (χ4n) is 3.19. The standard InChI is InChI=1S/C23H23N3O3S2/c1-29-17-7-3-15(4-8-17)13-25-22(28)14-31-23-20(12-24)19(11-21(27)26-23)16-5-9-18(30-2)10-6-16/h3-10,19H,11,13-14H2,1-2H3,(H,25,28)(H,26,27)/t19-/m1/s1. The summed E-state index contributed by atoms with van der Waals surface area (Å²) in [5.74, 6) is 0.229. The Bertz CT molecular complexity index is 1010. The maximum absolute atomic E-state index is 12.3. The molecule has 2 aromatic carbocycles. The molecular weight excluding hydrogens is 430 g/mol. The Morgan fingerprint density at radius 1 is 1.23 bits per heavy atom. The monoisotopic (exact) mass is 453 g/mol. The van der Waals surface area contributed by atoms with Gasteiger partial charge in [0, 0.05) is 23.8 Å². The highest BCUT2D eigenvalue weighted by atomic mass is 32.2. The van der Waals surface area contributed by atoms with Crippen LogP contribution < -0.4 is 15.4 Å². The van der Waals surface area contributed by atoms with Gasteiger partial charge in [0.15, 0.2) is 0 Å². The molecule has 0 radical (unpaired) electrons. The topological polar surface area (TPSA) is 91.2 Å². The van der Waals surface area contributed by atoms with Gasteiger partial charge in [0.25, 0.3) is 0 Å². The molecule has 3 rings (SSSR count). The number of nitrogens with one attached hydrogen (secondary N) is 2. The number of rotatable bonds is 8. The van der Waals surface area contributed by atoms with Crippen molar-refractivity contribution >= 4 is 35.3 Å². The fourth-order valence-corrected chi connectivity index (χ4v) is 4.50. The molecule has 160 valence electrons. The van der Waals surface area contributed by atoms with Gasteiger partial charge in [0.1, 0.15) is 5.75 Å². The summed E-state index contributed by atoms with van der Waals surface area (Å²) >= 11 is 2.81. The number of thioether (sulfide) groups is 2. The highest BCUT2D eigenvalue weighted by molar-refractivity contribution is 8.03. The smallest absolute Gasteiger partial charge is 0.230 e. The maximum atomic E-state index is 12.3. The van der Waals surface area contributed by atoms with Crippen molar-refractivity contribution in [2.24, 2.45) is 0 Å². The van der Waals surface area contributed by atoms with Crippen molar-refractivity contribution in [1.29, 1.82) is 5.26 Å². The summed E-state index contributed by atoms with van der Waals surface area (Å²) < 4.78 is 5.12. The van der Waals surface area contributed by atoms with E-state index in [4.69, 9.17) is 4.74 Å². The van der Waals surface area contributed by atoms with Crippen LogP contribution in [0.5, 0.6) is 5.75 Å². The summed E-state index contributed by atoms with van der Waals surface area (Å²) in [6, 6.07) is 17.6. The zero-order valence-electron chi connectivity index (χ0n) is 17.3. The van der Waals surface area contributed by atoms with Crippen LogP contribution in [0, 0.1) is 11.3 Å². The van der Waals surface area contributed by atoms with E-state index in [9.17, 15) is 14.9 Å². The first-order valence-electron chi connectivity index (χ1n) is 9.64. The molecule has 0 saturated carbocycles. The van der Waals surface area contributed by atoms with Crippen LogP contribution in [0.25, 0.3) is 0 Å². The van der Waals surface area contributed by atoms with Crippen LogP contribution in [0.4, 0.5) is 0 Å². The first-order chi connectivity index (χ1) is 15.0. The zero-order valence-corrected chi connectivity index (χ0v) is 18.9. The molecule has 0 aromatic heterocycles. The number of nitrogens with zero attached hydrogens (tertiary/aromatic N) is 1. The van der Waals surface area contributed by atoms with E-state index in [1.54, 1.807) is 18.9 Å². The molecule has 2 amide bonds. The molecule has 0 aliphatic carbocycles. The second-order valence-electron chi connectivity index (χ2n) is 6.85. The third-order valence-corrected chi connectivity index (χ3v) is 6.63. The van der Waals surface area contributed by atoms with E-state index in [0.29, 0.717) is 17.1 Å². The minimum atomic E-state index is -0.306. The van der Waals surface area contributed by atoms with Crippen molar-refractivity contribution in [1.82, 2.24) is 10.6 Å². The summed E-state index contributed by atoms with van der Waals surface area (Å²) in [5.41, 5.74) is 2.37. The number of amides is 2. The third kappa shape index (κ3) is 6.06. The lowest BCUT2D eigenvalue weighted by Crippen LogP contribution is -2.32. The van der Waals surface area contributed by atoms with Crippen LogP contribution in [-0.2, 0) is 16.1 Å². The third-order valence-electron chi connectivity index (χ3n) is 4.87. The number of nitriles is 1. The fraction of sp³-hybridized carbons (Fsp3) is 0.261. The first kappa shape index (κ1) is 22.8. The van der Waals surface area contributed by atoms with Crippen LogP contribution in [0.2, 0.25) is 0 Å². The molecule has 0 bridgehead atoms. The first-order valence-corrected chi connectivity index (χ1v) is 11.9. The maximum Gasteiger partial charge on any atom is 0.230 e. The van der Waals surface area contributed by atoms with Gasteiger partial charge in [-0.25, -0.2) is 0 Å². The summed E-state index contributed by atoms with van der Waals surface area (Å²) in [6.45, 7) is 0.393. The Hall–Kier alpha value is -2.89. The minimum Gasteiger partial charge on any atom is -0.497 e. The molecular formula is C23H23N3O3S2. The molecule has 8 heteroatoms. The normalized spacial score (nSPS) is 15.8. The molecule has 31 heavy (non-hydrogen) atoms. The Labute approximate surface area is 190 Å². The average Bonchev–Trinajstić information content (AvgIpc) is 2.81. The minimum absolute atomic E-state index is 0.106. The van der Waals surface area contributed by atoms with Gasteiger partial charge in [-0.2, -0.15) is 5.26 Å². The molecule has 1 atom stereocenters. The predicted octanol–water partition coefficient (Wildman–Crippen LogP) is 3.81. The van der Waals surface area contributed by atoms with Crippen molar-refractivity contribution in [2.45, 2.75) is 23.8 Å². The van der Waals surface area contributed by atoms with Crippen LogP contribution in [0.1, 0.15) is 23.5 Å². The van der Waals surface area contributed by atoms with Gasteiger partial charge < -0.3 is 15.4 Å². The highest BCUT2D eigenvalue weighted by Gasteiger charge is 2.29. The summed E-state index contributed by atoms with van der Waals surface area (Å²) in [4.78, 5) is 25.7. The van der Waals surface area contributed by atoms with Gasteiger partial charge >= 0.3 is 0 Å². The Morgan fingerprint density at radius 2 is 1.94 bits per heavy atom. The van der Waals surface area contributed by atoms with Gasteiger partial charge in [-0.05, 0) is 41.6 Å². The molecule has 0 spiro atoms. The quantitative estimate of drug-likeness (QED) is 0.591. The number of allylic oxidation sites excluding steroid dienone is 1. The van der Waals surface area contributed by atoms with Gasteiger partial charge in [0.2, 0.25) is 11.8 Å². The Kier molecular flexibility index (Phi) is 8.04. The van der Waals surface area contributed by atoms with E-state index in [2.05, 4.69) is 16.7 Å². The van der Waals surface area contributed by atoms with Crippen LogP contribution >= 0.6 is 23.5 Å². The second kappa shape index (κ2) is 10.9. The summed E-state index contributed by atoms with van der Waals surface area (Å²) in [7, 11) is 1.60. The van der Waals surface area contributed by atoms with Crippen LogP contribution in [0.15, 0.2) is 64.0 Å². The van der Waals surface area contributed by atoms with E-state index in [1.807, 2.05) is 54.8 Å². The van der Waals surface area contributed by atoms with E-state index in [0.717, 1.165) is 21.8 Å². The average molecular weight is 454 g/mol. The van der Waals surface area contributed by atoms with Crippen molar-refractivity contribution in [3.05, 3.63) is 70.3 Å². The van der Waals surface area contributed by atoms with Crippen molar-refractivity contribution in [2.75, 3.05) is 19.1 Å². The lowest BCUT2D eigenvalue weighted by molar-refractivity contribution is -0.121. The second-order valence-corrected chi connectivity index (χ2v) is 8.71. The molecule has 0 saturated heterocycles. The van der Waals surface area contributed by atoms with Crippen molar-refractivity contribution < 1.29 is 14.3 Å². The van der Waals surface area contributed by atoms with Crippen molar-refractivity contribution in [3.8, 4) is 11.8 Å². The highest BCUT2D eigenvalue weighted by Crippen LogP contribution is 2.36. The lowest BCUT2D eigenvalue weighted by Gasteiger charge is -2.25. The van der Waals surface area contributed by atoms with Crippen molar-refractivity contribution in [3.63, 3.8) is 0 Å². The Morgan fingerprint density at radius 3 is 2.55 bits per heavy atom. The predicted molar refractivity (Wildman–Crippen MR) is 124 cm³/mol. The number of hydrogen-bond donors (Lipinski definition) is 2. The molecule has 0 unspecified atom stereocenters. The SMILES string of the molecule is COc1ccc(CNC(=O)CSC2=C(C#N)[C@@H](c3ccc(SC)cc3)CC(=O)N2)cc1. The Balaban J connectivity index is 1.64. The molecule has 1 aliphatic heterocycles.